The van der Waals surface area contributed by atoms with Crippen molar-refractivity contribution in [1.29, 1.82) is 0 Å². The van der Waals surface area contributed by atoms with Gasteiger partial charge < -0.3 is 5.32 Å². The summed E-state index contributed by atoms with van der Waals surface area (Å²) in [4.78, 5) is 13.7. The molecule has 2 unspecified atom stereocenters. The second-order valence-electron chi connectivity index (χ2n) is 4.16. The number of carbonyl (C=O) groups is 1. The highest BCUT2D eigenvalue weighted by Crippen LogP contribution is 2.28. The molecule has 0 saturated carbocycles. The molecule has 68 valence electrons. The smallest absolute Gasteiger partial charge is 0.224 e. The van der Waals surface area contributed by atoms with Crippen molar-refractivity contribution in [3.63, 3.8) is 0 Å². The highest BCUT2D eigenvalue weighted by molar-refractivity contribution is 5.81. The average Bonchev–Trinajstić information content (AvgIpc) is 2.53. The van der Waals surface area contributed by atoms with Crippen molar-refractivity contribution in [2.75, 3.05) is 19.6 Å². The van der Waals surface area contributed by atoms with Gasteiger partial charge in [0.2, 0.25) is 5.91 Å². The van der Waals surface area contributed by atoms with E-state index in [0.717, 1.165) is 19.6 Å². The molecule has 0 radical (unpaired) electrons. The quantitative estimate of drug-likeness (QED) is 0.601. The van der Waals surface area contributed by atoms with Crippen molar-refractivity contribution < 1.29 is 4.79 Å². The summed E-state index contributed by atoms with van der Waals surface area (Å²) in [6.07, 6.45) is 0. The fourth-order valence-corrected chi connectivity index (χ4v) is 2.19. The number of hydrogen-bond acceptors (Lipinski definition) is 2. The summed E-state index contributed by atoms with van der Waals surface area (Å²) < 4.78 is 0. The molecule has 1 N–H and O–H groups in total. The Morgan fingerprint density at radius 3 is 2.83 bits per heavy atom. The van der Waals surface area contributed by atoms with E-state index in [-0.39, 0.29) is 11.8 Å². The number of likely N-dealkylation sites (tertiary alicyclic amines) is 1. The molecule has 2 rings (SSSR count). The van der Waals surface area contributed by atoms with Crippen molar-refractivity contribution in [1.82, 2.24) is 10.2 Å². The van der Waals surface area contributed by atoms with Crippen molar-refractivity contribution in [3.8, 4) is 0 Å². The number of carbonyl (C=O) groups excluding carboxylic acids is 1. The third-order valence-corrected chi connectivity index (χ3v) is 3.07. The zero-order chi connectivity index (χ0) is 8.72. The van der Waals surface area contributed by atoms with Crippen LogP contribution in [-0.4, -0.2) is 36.5 Å². The lowest BCUT2D eigenvalue weighted by Crippen LogP contribution is -2.33. The maximum Gasteiger partial charge on any atom is 0.224 e. The van der Waals surface area contributed by atoms with Gasteiger partial charge in [-0.3, -0.25) is 9.69 Å². The Labute approximate surface area is 73.1 Å². The summed E-state index contributed by atoms with van der Waals surface area (Å²) in [7, 11) is 0. The Balaban J connectivity index is 2.03. The molecule has 2 atom stereocenters. The van der Waals surface area contributed by atoms with Crippen LogP contribution in [0.5, 0.6) is 0 Å². The van der Waals surface area contributed by atoms with Crippen LogP contribution < -0.4 is 5.32 Å². The topological polar surface area (TPSA) is 32.3 Å². The molecular weight excluding hydrogens is 152 g/mol. The molecule has 0 aromatic heterocycles. The minimum Gasteiger partial charge on any atom is -0.355 e. The summed E-state index contributed by atoms with van der Waals surface area (Å²) in [5.74, 6) is 1.13. The summed E-state index contributed by atoms with van der Waals surface area (Å²) >= 11 is 0. The zero-order valence-corrected chi connectivity index (χ0v) is 7.71. The van der Waals surface area contributed by atoms with Gasteiger partial charge in [0.25, 0.3) is 0 Å². The van der Waals surface area contributed by atoms with Crippen LogP contribution in [0.25, 0.3) is 0 Å². The second-order valence-corrected chi connectivity index (χ2v) is 4.16. The lowest BCUT2D eigenvalue weighted by molar-refractivity contribution is -0.122. The minimum absolute atomic E-state index is 0.267. The maximum absolute atomic E-state index is 11.3. The van der Waals surface area contributed by atoms with E-state index in [0.29, 0.717) is 12.0 Å². The fraction of sp³-hybridized carbons (Fsp3) is 0.889. The molecule has 2 saturated heterocycles. The summed E-state index contributed by atoms with van der Waals surface area (Å²) in [5.41, 5.74) is 0. The van der Waals surface area contributed by atoms with E-state index < -0.39 is 0 Å². The van der Waals surface area contributed by atoms with E-state index in [2.05, 4.69) is 24.1 Å². The number of rotatable bonds is 1. The maximum atomic E-state index is 11.3. The van der Waals surface area contributed by atoms with E-state index >= 15 is 0 Å². The van der Waals surface area contributed by atoms with Crippen LogP contribution in [0.3, 0.4) is 0 Å². The SMILES string of the molecule is CC(C)N1CC2CNC(=O)C2C1. The molecule has 2 aliphatic heterocycles. The number of nitrogens with one attached hydrogen (secondary N) is 1. The Hall–Kier alpha value is -0.570. The van der Waals surface area contributed by atoms with Crippen LogP contribution in [0.1, 0.15) is 13.8 Å². The van der Waals surface area contributed by atoms with Gasteiger partial charge in [-0.2, -0.15) is 0 Å². The van der Waals surface area contributed by atoms with Crippen molar-refractivity contribution in [2.24, 2.45) is 11.8 Å². The first-order chi connectivity index (χ1) is 5.68. The van der Waals surface area contributed by atoms with Gasteiger partial charge in [-0.25, -0.2) is 0 Å². The van der Waals surface area contributed by atoms with E-state index in [1.807, 2.05) is 0 Å². The summed E-state index contributed by atoms with van der Waals surface area (Å²) in [6.45, 7) is 7.35. The average molecular weight is 168 g/mol. The normalized spacial score (nSPS) is 35.8. The van der Waals surface area contributed by atoms with Gasteiger partial charge >= 0.3 is 0 Å². The van der Waals surface area contributed by atoms with Crippen LogP contribution in [0.15, 0.2) is 0 Å². The van der Waals surface area contributed by atoms with E-state index in [1.165, 1.54) is 0 Å². The van der Waals surface area contributed by atoms with Crippen LogP contribution in [0.4, 0.5) is 0 Å². The Morgan fingerprint density at radius 1 is 1.50 bits per heavy atom. The van der Waals surface area contributed by atoms with Gasteiger partial charge in [-0.05, 0) is 13.8 Å². The van der Waals surface area contributed by atoms with E-state index in [4.69, 9.17) is 0 Å². The second kappa shape index (κ2) is 2.73. The first-order valence-electron chi connectivity index (χ1n) is 4.70. The number of nitrogens with zero attached hydrogens (tertiary/aromatic N) is 1. The van der Waals surface area contributed by atoms with E-state index in [9.17, 15) is 4.79 Å². The zero-order valence-electron chi connectivity index (χ0n) is 7.71. The lowest BCUT2D eigenvalue weighted by atomic mass is 10.0. The van der Waals surface area contributed by atoms with Crippen molar-refractivity contribution in [3.05, 3.63) is 0 Å². The molecule has 0 spiro atoms. The molecule has 0 aromatic carbocycles. The highest BCUT2D eigenvalue weighted by Gasteiger charge is 2.42. The predicted octanol–water partition coefficient (Wildman–Crippen LogP) is 0.0726. The molecule has 2 heterocycles. The van der Waals surface area contributed by atoms with E-state index in [1.54, 1.807) is 0 Å². The highest BCUT2D eigenvalue weighted by atomic mass is 16.2. The first-order valence-corrected chi connectivity index (χ1v) is 4.70. The van der Waals surface area contributed by atoms with Gasteiger partial charge in [0.15, 0.2) is 0 Å². The molecule has 3 nitrogen and oxygen atoms in total. The van der Waals surface area contributed by atoms with Crippen LogP contribution in [-0.2, 0) is 4.79 Å². The predicted molar refractivity (Wildman–Crippen MR) is 46.7 cm³/mol. The molecule has 1 amide bonds. The molecule has 0 aromatic rings. The molecular formula is C9H16N2O. The summed E-state index contributed by atoms with van der Waals surface area (Å²) in [5, 5.41) is 2.92. The summed E-state index contributed by atoms with van der Waals surface area (Å²) in [6, 6.07) is 0.586. The fourth-order valence-electron chi connectivity index (χ4n) is 2.19. The lowest BCUT2D eigenvalue weighted by Gasteiger charge is -2.20. The molecule has 0 aliphatic carbocycles. The molecule has 3 heteroatoms. The van der Waals surface area contributed by atoms with Crippen LogP contribution >= 0.6 is 0 Å². The van der Waals surface area contributed by atoms with Gasteiger partial charge in [-0.1, -0.05) is 0 Å². The number of hydrogen-bond donors (Lipinski definition) is 1. The van der Waals surface area contributed by atoms with Crippen LogP contribution in [0.2, 0.25) is 0 Å². The van der Waals surface area contributed by atoms with Gasteiger partial charge in [0.1, 0.15) is 0 Å². The van der Waals surface area contributed by atoms with Crippen LogP contribution in [0, 0.1) is 11.8 Å². The first kappa shape index (κ1) is 8.05. The Kier molecular flexibility index (Phi) is 1.83. The van der Waals surface area contributed by atoms with Gasteiger partial charge in [-0.15, -0.1) is 0 Å². The number of fused-ring (bicyclic) bond motifs is 1. The van der Waals surface area contributed by atoms with Crippen molar-refractivity contribution >= 4 is 5.91 Å². The molecule has 2 fully saturated rings. The number of amides is 1. The Morgan fingerprint density at radius 2 is 2.25 bits per heavy atom. The molecule has 0 bridgehead atoms. The molecule has 2 aliphatic rings. The van der Waals surface area contributed by atoms with Gasteiger partial charge in [0, 0.05) is 31.6 Å². The minimum atomic E-state index is 0.267. The Bertz CT molecular complexity index is 203. The standard InChI is InChI=1S/C9H16N2O/c1-6(2)11-4-7-3-10-9(12)8(7)5-11/h6-8H,3-5H2,1-2H3,(H,10,12). The third kappa shape index (κ3) is 1.12. The van der Waals surface area contributed by atoms with Gasteiger partial charge in [0.05, 0.1) is 5.92 Å². The monoisotopic (exact) mass is 168 g/mol. The van der Waals surface area contributed by atoms with Crippen molar-refractivity contribution in [2.45, 2.75) is 19.9 Å². The third-order valence-electron chi connectivity index (χ3n) is 3.07. The largest absolute Gasteiger partial charge is 0.355 e. The molecule has 12 heavy (non-hydrogen) atoms.